The van der Waals surface area contributed by atoms with Crippen molar-refractivity contribution in [3.05, 3.63) is 208 Å². The highest BCUT2D eigenvalue weighted by Crippen LogP contribution is 2.57. The van der Waals surface area contributed by atoms with Crippen molar-refractivity contribution >= 4 is 147 Å². The largest absolute Gasteiger partial charge is 0.780 e. The summed E-state index contributed by atoms with van der Waals surface area (Å²) in [5, 5.41) is 0. The number of aromatic amines is 6. The summed E-state index contributed by atoms with van der Waals surface area (Å²) in [7, 11) is 1.00. The van der Waals surface area contributed by atoms with Crippen LogP contribution >= 0.6 is 47.1 Å². The number of nitrogens with one attached hydrogen (secondary N) is 6. The van der Waals surface area contributed by atoms with Crippen LogP contribution in [0.3, 0.4) is 0 Å². The van der Waals surface area contributed by atoms with Crippen LogP contribution in [0.2, 0.25) is 0 Å². The lowest BCUT2D eigenvalue weighted by atomic mass is 10.1. The van der Waals surface area contributed by atoms with E-state index in [9.17, 15) is 91.5 Å². The molecule has 15 rings (SSSR count). The van der Waals surface area contributed by atoms with E-state index in [1.807, 2.05) is 0 Å². The zero-order chi connectivity index (χ0) is 104. The van der Waals surface area contributed by atoms with Crippen molar-refractivity contribution in [3.63, 3.8) is 0 Å². The number of nitrogens with two attached hydrogens (primary N) is 1. The van der Waals surface area contributed by atoms with Crippen LogP contribution in [-0.2, 0) is 184 Å². The predicted octanol–water partition coefficient (Wildman–Crippen LogP) is -3.41. The SMILES string of the molecule is CC[C@H]1O[C@@H](n2cc(C)c(=O)[nH]c2=O)C[C@H]1OP([O-])(=S)OC[C@H]1O[C@@H](n2cc(C)c(=O)[nH]c2=O)C[C@H]1OP(=O)([S-])OC[C@H]1O[C@@H](n2cc(C)c(=O)[nH]c2=O)C[C@H]1OP([O-])(=S)OC[C@H]1O[C@@H](n2cnc3c(N)ncnc32)C[C@H]1OP([O-])(=S)OC[C@H]1O[C@@H](n2cc(C)c(=O)[nH]c2=O)C[C@H]1OP([O-])(=S)OC[C@H]1O[C@@H](n2cc(C)c(=O)[nH]c2=O)C[C@H]1OP([O-])(=S)OC[C@H]1O[C@@H](n2cc(C)c(=O)[nH]c2=O)C[C@H]1OP([O-])(=S)OC. The molecule has 0 bridgehead atoms. The van der Waals surface area contributed by atoms with E-state index in [4.69, 9.17) is 185 Å². The van der Waals surface area contributed by atoms with Gasteiger partial charge in [0.1, 0.15) is 132 Å². The van der Waals surface area contributed by atoms with E-state index < -0.39 is 309 Å². The quantitative estimate of drug-likeness (QED) is 0.0145. The molecule has 15 heterocycles. The normalized spacial score (nSPS) is 29.7. The number of hydrogen-bond acceptors (Lipinski definition) is 51. The average molecular weight is 2270 g/mol. The average Bonchev–Trinajstić information content (AvgIpc) is 1.61. The Morgan fingerprint density at radius 3 is 0.811 bits per heavy atom. The second-order valence-corrected chi connectivity index (χ2v) is 52.6. The number of anilines is 1. The van der Waals surface area contributed by atoms with Crippen LogP contribution in [0.1, 0.15) is 135 Å². The highest BCUT2D eigenvalue weighted by Gasteiger charge is 2.49. The third-order valence-corrected chi connectivity index (χ3v) is 34.7. The van der Waals surface area contributed by atoms with Crippen molar-refractivity contribution in [2.24, 2.45) is 0 Å². The van der Waals surface area contributed by atoms with Gasteiger partial charge >= 0.3 is 34.1 Å². The third-order valence-electron chi connectivity index (χ3n) is 23.6. The van der Waals surface area contributed by atoms with E-state index in [2.05, 4.69) is 44.9 Å². The maximum absolute atomic E-state index is 15.0. The monoisotopic (exact) mass is 2270 g/mol. The topological polar surface area (TPSA) is 748 Å². The minimum absolute atomic E-state index is 0.00325. The first-order chi connectivity index (χ1) is 67.1. The highest BCUT2D eigenvalue weighted by molar-refractivity contribution is 8.32. The van der Waals surface area contributed by atoms with Gasteiger partial charge in [0.25, 0.3) is 33.4 Å². The van der Waals surface area contributed by atoms with Crippen LogP contribution in [0.25, 0.3) is 11.2 Å². The maximum Gasteiger partial charge on any atom is 0.330 e. The molecule has 0 aromatic carbocycles. The molecule has 0 amide bonds. The smallest absolute Gasteiger partial charge is 0.330 e. The number of aryl methyl sites for hydroxylation is 6. The molecule has 7 aliphatic rings. The summed E-state index contributed by atoms with van der Waals surface area (Å²) in [6, 6.07) is 0. The second kappa shape index (κ2) is 44.8. The van der Waals surface area contributed by atoms with E-state index >= 15 is 0 Å². The molecule has 57 nitrogen and oxygen atoms in total. The first-order valence-electron chi connectivity index (χ1n) is 42.9. The minimum Gasteiger partial charge on any atom is -0.780 e. The Kier molecular flexibility index (Phi) is 34.7. The minimum atomic E-state index is -5.06. The number of hydrogen-bond donors (Lipinski definition) is 7. The molecule has 28 atom stereocenters. The van der Waals surface area contributed by atoms with Crippen LogP contribution in [0, 0.1) is 41.5 Å². The Bertz CT molecular complexity index is 7320. The molecule has 0 saturated carbocycles. The molecule has 786 valence electrons. The lowest BCUT2D eigenvalue weighted by Crippen LogP contribution is -2.35. The summed E-state index contributed by atoms with van der Waals surface area (Å²) in [5.74, 6) is -0.0699. The van der Waals surface area contributed by atoms with Gasteiger partial charge in [0.05, 0.1) is 94.8 Å². The van der Waals surface area contributed by atoms with Crippen LogP contribution in [0.15, 0.2) is 107 Å². The Labute approximate surface area is 838 Å². The van der Waals surface area contributed by atoms with Gasteiger partial charge in [-0.05, 0) is 48.0 Å². The maximum atomic E-state index is 15.0. The number of nitrogens with zero attached hydrogens (tertiary/aromatic N) is 10. The summed E-state index contributed by atoms with van der Waals surface area (Å²) < 4.78 is 146. The number of ether oxygens (including phenoxy) is 7. The zero-order valence-electron chi connectivity index (χ0n) is 75.5. The molecule has 0 spiro atoms. The summed E-state index contributed by atoms with van der Waals surface area (Å²) >= 11 is 37.7. The van der Waals surface area contributed by atoms with Crippen LogP contribution in [-0.4, -0.2) is 209 Å². The first-order valence-corrected chi connectivity index (χ1v) is 60.8. The fourth-order valence-electron chi connectivity index (χ4n) is 16.4. The zero-order valence-corrected chi connectivity index (χ0v) is 87.5. The van der Waals surface area contributed by atoms with Gasteiger partial charge in [0.2, 0.25) is 0 Å². The van der Waals surface area contributed by atoms with Crippen molar-refractivity contribution in [2.75, 3.05) is 52.5 Å². The van der Waals surface area contributed by atoms with Crippen molar-refractivity contribution < 1.29 is 130 Å². The molecule has 0 radical (unpaired) electrons. The molecular formula is C72H89N17O40P7S7-7. The Morgan fingerprint density at radius 1 is 0.350 bits per heavy atom. The number of nitrogen functional groups attached to an aromatic ring is 1. The molecule has 8 N–H and O–H groups in total. The fraction of sp³-hybridized carbons (Fsp3) is 0.597. The molecule has 8 aromatic heterocycles. The van der Waals surface area contributed by atoms with Crippen molar-refractivity contribution in [2.45, 2.75) is 229 Å². The van der Waals surface area contributed by atoms with Crippen molar-refractivity contribution in [1.82, 2.24) is 76.8 Å². The third kappa shape index (κ3) is 26.9. The summed E-state index contributed by atoms with van der Waals surface area (Å²) in [6.45, 7) is -29.2. The van der Waals surface area contributed by atoms with Gasteiger partial charge in [0, 0.05) is 123 Å². The number of rotatable bonds is 41. The molecule has 7 unspecified atom stereocenters. The van der Waals surface area contributed by atoms with Crippen molar-refractivity contribution in [1.29, 1.82) is 0 Å². The Morgan fingerprint density at radius 2 is 0.566 bits per heavy atom. The second-order valence-electron chi connectivity index (χ2n) is 33.5. The van der Waals surface area contributed by atoms with Crippen LogP contribution in [0.5, 0.6) is 0 Å². The number of aromatic nitrogens is 16. The van der Waals surface area contributed by atoms with Crippen LogP contribution < -0.4 is 103 Å². The Hall–Kier alpha value is -6.17. The van der Waals surface area contributed by atoms with E-state index in [1.165, 1.54) is 64.8 Å². The lowest BCUT2D eigenvalue weighted by molar-refractivity contribution is -0.221. The van der Waals surface area contributed by atoms with Gasteiger partial charge in [-0.3, -0.25) is 95.2 Å². The van der Waals surface area contributed by atoms with E-state index in [0.717, 1.165) is 65.6 Å². The van der Waals surface area contributed by atoms with Gasteiger partial charge in [-0.15, -0.1) is 0 Å². The molecule has 7 fully saturated rings. The van der Waals surface area contributed by atoms with Gasteiger partial charge in [-0.25, -0.2) is 43.7 Å². The number of fused-ring (bicyclic) bond motifs is 1. The van der Waals surface area contributed by atoms with Crippen LogP contribution in [0.4, 0.5) is 5.82 Å². The summed E-state index contributed by atoms with van der Waals surface area (Å²) in [6.07, 6.45) is -22.7. The predicted molar refractivity (Wildman–Crippen MR) is 504 cm³/mol. The van der Waals surface area contributed by atoms with Gasteiger partial charge in [-0.1, -0.05) is 77.8 Å². The summed E-state index contributed by atoms with van der Waals surface area (Å²) in [5.41, 5.74) is -3.48. The molecule has 143 heavy (non-hydrogen) atoms. The van der Waals surface area contributed by atoms with Gasteiger partial charge in [-0.2, -0.15) is 0 Å². The van der Waals surface area contributed by atoms with Gasteiger partial charge < -0.3 is 144 Å². The highest BCUT2D eigenvalue weighted by atomic mass is 32.7. The molecule has 8 aromatic rings. The van der Waals surface area contributed by atoms with E-state index in [0.29, 0.717) is 0 Å². The fourth-order valence-corrected chi connectivity index (χ4v) is 26.1. The standard InChI is InChI=1S/C72H96N17O40P7S7/c1-9-37-38(10-51(116-37)83-17-31(2)61(90)77-67(83)96)124-131(103,138)110-24-46-40(12-53(118-46)85-19-33(4)63(92)79-69(85)98)126-133(105,140)112-26-48-43(15-56(120-48)88-22-36(7)66(95)82-72(88)101)128-135(107,142)115-28-50-44(16-57(122-50)89-30-76-58-59(73)74-29-75-60(58)89)129-136(108,143)114-27-49-42(14-55(121-49)87-21-35(6)65(94)81-71(87)100)127-134(106,141)113-25-47-41(13-54(119-47)86-20-34(5)64(93)80-70(86)99)125-132(104,139)111-23-45-39(123-130(102,137)109-8)11-52(117-45)84-18-32(3)62(91)78-68(84)97/h17-22,29-30,37-57H,9-16,23-28H2,1-8H3,(H,102,137)(H,103,138)(H,104,139)(H,105,140)(H,106,141)(H,107,142)(H,108,143)(H2,73,74,75)(H,77,90,96)(H,78,91,97)(H,79,92,98)(H,80,93,99)(H,81,94,100)(H,82,95,101)/p-7/t37-,38-,39-,40-,41-,42-,43-,44-,45-,46-,47-,48-,49-,50-,51-,52-,53-,54-,55-,56-,57-,130?,131?,132?,133?,134?,135?,136?/m1/s1. The number of imidazole rings is 1. The lowest BCUT2D eigenvalue weighted by Gasteiger charge is -2.36. The molecule has 71 heteroatoms. The first kappa shape index (κ1) is 111. The van der Waals surface area contributed by atoms with E-state index in [1.54, 1.807) is 6.92 Å². The van der Waals surface area contributed by atoms with Crippen molar-refractivity contribution in [3.8, 4) is 0 Å². The molecule has 7 aliphatic heterocycles. The molecule has 0 aliphatic carbocycles. The molecular weight excluding hydrogens is 2180 g/mol. The number of H-pyrrole nitrogens is 6. The Balaban J connectivity index is 0.636. The van der Waals surface area contributed by atoms with Gasteiger partial charge in [0.15, 0.2) is 18.3 Å². The van der Waals surface area contributed by atoms with E-state index in [-0.39, 0.29) is 76.0 Å². The molecule has 7 saturated heterocycles. The summed E-state index contributed by atoms with van der Waals surface area (Å²) in [4.78, 5) is 266.